The van der Waals surface area contributed by atoms with Crippen molar-refractivity contribution in [3.63, 3.8) is 0 Å². The van der Waals surface area contributed by atoms with Gasteiger partial charge >= 0.3 is 56.9 Å². The molecule has 0 aliphatic carbocycles. The van der Waals surface area contributed by atoms with Crippen LogP contribution in [0.15, 0.2) is 0 Å². The summed E-state index contributed by atoms with van der Waals surface area (Å²) in [4.78, 5) is 0. The molecule has 0 aliphatic heterocycles. The number of rotatable bonds is 21. The van der Waals surface area contributed by atoms with Crippen molar-refractivity contribution in [2.75, 3.05) is 26.4 Å². The molecule has 0 fully saturated rings. The largest absolute Gasteiger partial charge is 0.460 e. The van der Waals surface area contributed by atoms with Gasteiger partial charge in [0.15, 0.2) is 0 Å². The average Bonchev–Trinajstić information content (AvgIpc) is 2.76. The Balaban J connectivity index is 4.80. The van der Waals surface area contributed by atoms with E-state index in [-0.39, 0.29) is 0 Å². The molecule has 0 amide bonds. The highest BCUT2D eigenvalue weighted by Gasteiger charge is 2.74. The number of halogens is 16. The van der Waals surface area contributed by atoms with E-state index in [1.165, 1.54) is 0 Å². The van der Waals surface area contributed by atoms with Gasteiger partial charge in [0.2, 0.25) is 0 Å². The summed E-state index contributed by atoms with van der Waals surface area (Å²) < 4.78 is 256. The molecule has 0 aromatic rings. The molecule has 0 aromatic carbocycles. The van der Waals surface area contributed by atoms with Crippen molar-refractivity contribution in [1.29, 1.82) is 0 Å². The first-order valence-electron chi connectivity index (χ1n) is 9.64. The van der Waals surface area contributed by atoms with Crippen molar-refractivity contribution in [2.45, 2.75) is 59.6 Å². The highest BCUT2D eigenvalue weighted by molar-refractivity contribution is 7.95. The summed E-state index contributed by atoms with van der Waals surface area (Å²) in [6.45, 7) is -5.22. The molecule has 0 unspecified atom stereocenters. The predicted molar refractivity (Wildman–Crippen MR) is 96.6 cm³/mol. The fourth-order valence-corrected chi connectivity index (χ4v) is 2.46. The predicted octanol–water partition coefficient (Wildman–Crippen LogP) is 5.62. The van der Waals surface area contributed by atoms with Crippen LogP contribution in [0.3, 0.4) is 0 Å². The van der Waals surface area contributed by atoms with Gasteiger partial charge in [-0.1, -0.05) is 5.04 Å². The molecule has 0 aliphatic rings. The molecule has 0 aromatic heterocycles. The Kier molecular flexibility index (Phi) is 13.5. The summed E-state index contributed by atoms with van der Waals surface area (Å²) >= 11 is -1.81. The van der Waals surface area contributed by atoms with E-state index in [0.29, 0.717) is 0 Å². The van der Waals surface area contributed by atoms with Gasteiger partial charge in [-0.3, -0.25) is 4.55 Å². The van der Waals surface area contributed by atoms with Gasteiger partial charge in [-0.25, -0.2) is 14.7 Å². The number of ether oxygens (including phenoxy) is 4. The van der Waals surface area contributed by atoms with Gasteiger partial charge in [0, 0.05) is 12.8 Å². The van der Waals surface area contributed by atoms with Crippen LogP contribution in [0.1, 0.15) is 12.8 Å². The molecular formula is C14H14F16O10S2. The van der Waals surface area contributed by atoms with Crippen LogP contribution in [0.5, 0.6) is 0 Å². The third kappa shape index (κ3) is 10.2. The lowest BCUT2D eigenvalue weighted by molar-refractivity contribution is -0.461. The molecule has 0 saturated heterocycles. The third-order valence-corrected chi connectivity index (χ3v) is 5.49. The van der Waals surface area contributed by atoms with Crippen molar-refractivity contribution >= 4 is 22.2 Å². The van der Waals surface area contributed by atoms with Gasteiger partial charge in [0.25, 0.3) is 0 Å². The second-order valence-corrected chi connectivity index (χ2v) is 9.42. The van der Waals surface area contributed by atoms with Gasteiger partial charge in [-0.2, -0.15) is 78.7 Å². The van der Waals surface area contributed by atoms with Crippen LogP contribution in [0, 0.1) is 0 Å². The smallest absolute Gasteiger partial charge is 0.379 e. The van der Waals surface area contributed by atoms with E-state index in [4.69, 9.17) is 9.81 Å². The summed E-state index contributed by atoms with van der Waals surface area (Å²) in [5.41, 5.74) is 0. The fraction of sp³-hybridized carbons (Fsp3) is 1.00. The summed E-state index contributed by atoms with van der Waals surface area (Å²) in [5, 5.41) is -2.52. The molecule has 0 heterocycles. The van der Waals surface area contributed by atoms with E-state index in [1.807, 2.05) is 4.74 Å². The zero-order valence-electron chi connectivity index (χ0n) is 19.3. The van der Waals surface area contributed by atoms with E-state index < -0.39 is 108 Å². The Labute approximate surface area is 225 Å². The molecule has 2 N–H and O–H groups in total. The van der Waals surface area contributed by atoms with Crippen LogP contribution in [0.25, 0.3) is 0 Å². The maximum Gasteiger partial charge on any atom is 0.460 e. The Hall–Kier alpha value is -1.14. The first-order valence-corrected chi connectivity index (χ1v) is 11.8. The molecule has 0 atom stereocenters. The Bertz CT molecular complexity index is 966. The third-order valence-electron chi connectivity index (χ3n) is 4.03. The second kappa shape index (κ2) is 13.9. The molecule has 0 radical (unpaired) electrons. The highest BCUT2D eigenvalue weighted by atomic mass is 32.2. The minimum absolute atomic E-state index is 1.04. The summed E-state index contributed by atoms with van der Waals surface area (Å²) in [7, 11) is -7.15. The van der Waals surface area contributed by atoms with E-state index in [1.54, 1.807) is 0 Å². The van der Waals surface area contributed by atoms with Crippen LogP contribution < -0.4 is 0 Å². The van der Waals surface area contributed by atoms with E-state index in [9.17, 15) is 78.7 Å². The van der Waals surface area contributed by atoms with Crippen molar-refractivity contribution in [1.82, 2.24) is 0 Å². The Morgan fingerprint density at radius 1 is 0.571 bits per heavy atom. The summed E-state index contributed by atoms with van der Waals surface area (Å²) in [5.74, 6) is -11.5. The molecule has 10 nitrogen and oxygen atoms in total. The molecule has 0 bridgehead atoms. The molecular weight excluding hydrogens is 696 g/mol. The van der Waals surface area contributed by atoms with Crippen molar-refractivity contribution in [3.05, 3.63) is 0 Å². The topological polar surface area (TPSA) is 130 Å². The van der Waals surface area contributed by atoms with Gasteiger partial charge in [0.1, 0.15) is 12.0 Å². The molecule has 28 heteroatoms. The summed E-state index contributed by atoms with van der Waals surface area (Å²) in [6, 6.07) is 0. The van der Waals surface area contributed by atoms with Crippen molar-refractivity contribution in [3.8, 4) is 0 Å². The lowest BCUT2D eigenvalue weighted by Crippen LogP contribution is -2.56. The van der Waals surface area contributed by atoms with Crippen LogP contribution in [0.4, 0.5) is 70.2 Å². The Morgan fingerprint density at radius 2 is 0.929 bits per heavy atom. The Morgan fingerprint density at radius 3 is 1.26 bits per heavy atom. The zero-order valence-corrected chi connectivity index (χ0v) is 20.9. The minimum Gasteiger partial charge on any atom is -0.379 e. The second-order valence-electron chi connectivity index (χ2n) is 7.14. The van der Waals surface area contributed by atoms with Crippen LogP contribution in [-0.2, 0) is 38.4 Å². The first kappa shape index (κ1) is 40.9. The van der Waals surface area contributed by atoms with Crippen molar-refractivity contribution in [2.24, 2.45) is 0 Å². The van der Waals surface area contributed by atoms with E-state index in [0.717, 1.165) is 0 Å². The number of hydrogen-bond donors (Lipinski definition) is 2. The molecule has 0 spiro atoms. The quantitative estimate of drug-likeness (QED) is 0.0385. The fourth-order valence-electron chi connectivity index (χ4n) is 1.86. The van der Waals surface area contributed by atoms with Crippen LogP contribution >= 0.6 is 12.0 Å². The van der Waals surface area contributed by atoms with Gasteiger partial charge in [-0.15, -0.1) is 4.33 Å². The van der Waals surface area contributed by atoms with Crippen LogP contribution in [-0.4, -0.2) is 91.4 Å². The lowest BCUT2D eigenvalue weighted by atomic mass is 10.2. The number of alkyl halides is 16. The number of hydrogen-bond acceptors (Lipinski definition) is 10. The van der Waals surface area contributed by atoms with Gasteiger partial charge < -0.3 is 9.47 Å². The minimum atomic E-state index is -7.15. The first-order chi connectivity index (χ1) is 18.4. The molecule has 42 heavy (non-hydrogen) atoms. The maximum atomic E-state index is 13.5. The van der Waals surface area contributed by atoms with E-state index >= 15 is 0 Å². The molecule has 0 rings (SSSR count). The maximum absolute atomic E-state index is 13.5. The standard InChI is InChI=1S/C14H14F16O10S2/c15-7(16,9(19,20)37-11(23,24)13(27,28)41-40-39-31)1-3-35-5-6-36-4-2-8(17,18)10(21,22)38-12(25,26)14(29,30)42(32,33)34/h31H,1-6H2,(H,32,33,34). The SMILES string of the molecule is O=S(=O)(O)C(F)(F)C(F)(F)OC(F)(F)C(F)(F)CCOCCOCCC(F)(F)C(F)(F)OC(F)(F)C(F)(F)SOOO. The normalized spacial score (nSPS) is 15.4. The highest BCUT2D eigenvalue weighted by Crippen LogP contribution is 2.50. The monoisotopic (exact) mass is 710 g/mol. The van der Waals surface area contributed by atoms with Gasteiger partial charge in [-0.05, 0) is 0 Å². The molecule has 254 valence electrons. The van der Waals surface area contributed by atoms with Crippen LogP contribution in [0.2, 0.25) is 0 Å². The zero-order chi connectivity index (χ0) is 33.7. The lowest BCUT2D eigenvalue weighted by Gasteiger charge is -2.31. The summed E-state index contributed by atoms with van der Waals surface area (Å²) in [6.07, 6.45) is -30.7. The van der Waals surface area contributed by atoms with Gasteiger partial charge in [0.05, 0.1) is 26.4 Å². The molecule has 0 saturated carbocycles. The average molecular weight is 710 g/mol. The van der Waals surface area contributed by atoms with E-state index in [2.05, 4.69) is 23.6 Å². The van der Waals surface area contributed by atoms with Crippen molar-refractivity contribution < 1.29 is 117 Å².